The summed E-state index contributed by atoms with van der Waals surface area (Å²) >= 11 is 1.78. The van der Waals surface area contributed by atoms with Gasteiger partial charge in [-0.2, -0.15) is 11.8 Å². The van der Waals surface area contributed by atoms with Crippen molar-refractivity contribution in [2.45, 2.75) is 24.1 Å². The van der Waals surface area contributed by atoms with E-state index in [2.05, 4.69) is 12.2 Å². The number of benzene rings is 1. The molecule has 1 aliphatic rings. The van der Waals surface area contributed by atoms with E-state index < -0.39 is 5.54 Å². The number of thioether (sulfide) groups is 1. The maximum absolute atomic E-state index is 12.2. The minimum absolute atomic E-state index is 0.172. The maximum atomic E-state index is 12.2. The van der Waals surface area contributed by atoms with Gasteiger partial charge in [-0.1, -0.05) is 13.0 Å². The molecule has 0 saturated carbocycles. The highest BCUT2D eigenvalue weighted by Crippen LogP contribution is 2.39. The summed E-state index contributed by atoms with van der Waals surface area (Å²) in [5.41, 5.74) is 0.227. The molecule has 0 spiro atoms. The van der Waals surface area contributed by atoms with Crippen LogP contribution in [0.4, 0.5) is 5.69 Å². The van der Waals surface area contributed by atoms with Crippen molar-refractivity contribution in [3.05, 3.63) is 24.3 Å². The van der Waals surface area contributed by atoms with Crippen molar-refractivity contribution < 1.29 is 14.3 Å². The third-order valence-electron chi connectivity index (χ3n) is 3.55. The number of carbonyl (C=O) groups excluding carboxylic acids is 1. The first-order valence-corrected chi connectivity index (χ1v) is 7.29. The van der Waals surface area contributed by atoms with Crippen LogP contribution in [0, 0.1) is 0 Å². The number of carbonyl (C=O) groups is 1. The van der Waals surface area contributed by atoms with Crippen LogP contribution < -0.4 is 10.1 Å². The molecule has 5 heteroatoms. The van der Waals surface area contributed by atoms with Gasteiger partial charge in [-0.25, -0.2) is 4.79 Å². The van der Waals surface area contributed by atoms with Crippen molar-refractivity contribution in [3.63, 3.8) is 0 Å². The van der Waals surface area contributed by atoms with Crippen LogP contribution in [0.25, 0.3) is 0 Å². The largest absolute Gasteiger partial charge is 0.497 e. The molecule has 0 aromatic heterocycles. The van der Waals surface area contributed by atoms with Gasteiger partial charge < -0.3 is 14.8 Å². The monoisotopic (exact) mass is 281 g/mol. The van der Waals surface area contributed by atoms with Gasteiger partial charge in [0.15, 0.2) is 0 Å². The minimum atomic E-state index is -0.647. The second-order valence-electron chi connectivity index (χ2n) is 4.58. The molecule has 0 bridgehead atoms. The van der Waals surface area contributed by atoms with Crippen molar-refractivity contribution >= 4 is 23.4 Å². The fraction of sp³-hybridized carbons (Fsp3) is 0.500. The zero-order valence-electron chi connectivity index (χ0n) is 11.4. The second kappa shape index (κ2) is 5.74. The number of nitrogens with one attached hydrogen (secondary N) is 1. The number of hydrogen-bond acceptors (Lipinski definition) is 5. The Balaban J connectivity index is 2.28. The minimum Gasteiger partial charge on any atom is -0.497 e. The second-order valence-corrected chi connectivity index (χ2v) is 6.03. The zero-order valence-corrected chi connectivity index (χ0v) is 12.3. The van der Waals surface area contributed by atoms with E-state index >= 15 is 0 Å². The average Bonchev–Trinajstić information content (AvgIpc) is 2.80. The maximum Gasteiger partial charge on any atom is 0.332 e. The molecule has 104 valence electrons. The van der Waals surface area contributed by atoms with Gasteiger partial charge in [0.25, 0.3) is 0 Å². The van der Waals surface area contributed by atoms with E-state index in [1.54, 1.807) is 18.9 Å². The van der Waals surface area contributed by atoms with Crippen LogP contribution in [0.5, 0.6) is 5.75 Å². The van der Waals surface area contributed by atoms with Crippen LogP contribution in [-0.2, 0) is 9.53 Å². The molecule has 1 heterocycles. The molecule has 2 rings (SSSR count). The number of hydrogen-bond donors (Lipinski definition) is 1. The predicted octanol–water partition coefficient (Wildman–Crippen LogP) is 2.54. The normalized spacial score (nSPS) is 25.9. The number of ether oxygens (including phenoxy) is 2. The summed E-state index contributed by atoms with van der Waals surface area (Å²) in [7, 11) is 3.07. The summed E-state index contributed by atoms with van der Waals surface area (Å²) in [4.78, 5) is 12.2. The molecule has 2 atom stereocenters. The Kier molecular flexibility index (Phi) is 4.24. The van der Waals surface area contributed by atoms with Crippen molar-refractivity contribution in [1.82, 2.24) is 0 Å². The third-order valence-corrected chi connectivity index (χ3v) is 4.89. The Morgan fingerprint density at radius 3 is 2.84 bits per heavy atom. The summed E-state index contributed by atoms with van der Waals surface area (Å²) < 4.78 is 10.2. The average molecular weight is 281 g/mol. The molecule has 1 N–H and O–H groups in total. The van der Waals surface area contributed by atoms with E-state index in [9.17, 15) is 4.79 Å². The van der Waals surface area contributed by atoms with E-state index in [0.717, 1.165) is 23.6 Å². The first-order valence-electron chi connectivity index (χ1n) is 6.24. The van der Waals surface area contributed by atoms with E-state index in [-0.39, 0.29) is 11.2 Å². The van der Waals surface area contributed by atoms with Crippen LogP contribution in [0.1, 0.15) is 13.3 Å². The quantitative estimate of drug-likeness (QED) is 0.859. The molecule has 1 aliphatic heterocycles. The number of anilines is 1. The van der Waals surface area contributed by atoms with Crippen LogP contribution in [0.15, 0.2) is 24.3 Å². The van der Waals surface area contributed by atoms with Crippen molar-refractivity contribution in [2.75, 3.05) is 25.3 Å². The van der Waals surface area contributed by atoms with Crippen molar-refractivity contribution in [3.8, 4) is 5.75 Å². The lowest BCUT2D eigenvalue weighted by molar-refractivity contribution is -0.145. The Morgan fingerprint density at radius 1 is 1.47 bits per heavy atom. The summed E-state index contributed by atoms with van der Waals surface area (Å²) in [6.45, 7) is 2.06. The van der Waals surface area contributed by atoms with Crippen LogP contribution >= 0.6 is 11.8 Å². The molecule has 1 fully saturated rings. The molecule has 0 amide bonds. The third kappa shape index (κ3) is 2.66. The van der Waals surface area contributed by atoms with Gasteiger partial charge in [0.05, 0.1) is 14.2 Å². The Labute approximate surface area is 117 Å². The highest BCUT2D eigenvalue weighted by atomic mass is 32.2. The summed E-state index contributed by atoms with van der Waals surface area (Å²) in [5.74, 6) is 1.52. The van der Waals surface area contributed by atoms with Gasteiger partial charge in [0.1, 0.15) is 11.3 Å². The molecular formula is C14H19NO3S. The molecule has 2 unspecified atom stereocenters. The summed E-state index contributed by atoms with van der Waals surface area (Å²) in [5, 5.41) is 3.53. The number of methoxy groups -OCH3 is 2. The first-order chi connectivity index (χ1) is 9.12. The fourth-order valence-electron chi connectivity index (χ4n) is 2.37. The first kappa shape index (κ1) is 14.1. The molecule has 19 heavy (non-hydrogen) atoms. The predicted molar refractivity (Wildman–Crippen MR) is 77.9 cm³/mol. The van der Waals surface area contributed by atoms with E-state index in [1.807, 2.05) is 24.3 Å². The van der Waals surface area contributed by atoms with Gasteiger partial charge >= 0.3 is 5.97 Å². The molecule has 1 aromatic rings. The lowest BCUT2D eigenvalue weighted by atomic mass is 9.92. The lowest BCUT2D eigenvalue weighted by Gasteiger charge is -2.32. The summed E-state index contributed by atoms with van der Waals surface area (Å²) in [6.07, 6.45) is 0.767. The van der Waals surface area contributed by atoms with Crippen LogP contribution in [0.3, 0.4) is 0 Å². The number of esters is 1. The Morgan fingerprint density at radius 2 is 2.26 bits per heavy atom. The zero-order chi connectivity index (χ0) is 13.9. The molecule has 1 aromatic carbocycles. The molecule has 4 nitrogen and oxygen atoms in total. The summed E-state index contributed by atoms with van der Waals surface area (Å²) in [6, 6.07) is 7.60. The number of rotatable bonds is 4. The molecular weight excluding hydrogens is 262 g/mol. The SMILES string of the molecule is COC(=O)C1(Nc2cccc(OC)c2)CCSC1C. The Hall–Kier alpha value is -1.36. The van der Waals surface area contributed by atoms with Gasteiger partial charge in [0.2, 0.25) is 0 Å². The van der Waals surface area contributed by atoms with Gasteiger partial charge in [-0.15, -0.1) is 0 Å². The highest BCUT2D eigenvalue weighted by molar-refractivity contribution is 8.00. The Bertz CT molecular complexity index is 466. The highest BCUT2D eigenvalue weighted by Gasteiger charge is 2.48. The standard InChI is InChI=1S/C14H19NO3S/c1-10-14(7-8-19-10,13(16)18-3)15-11-5-4-6-12(9-11)17-2/h4-6,9-10,15H,7-8H2,1-3H3. The van der Waals surface area contributed by atoms with Crippen molar-refractivity contribution in [1.29, 1.82) is 0 Å². The fourth-order valence-corrected chi connectivity index (χ4v) is 3.72. The molecule has 1 saturated heterocycles. The lowest BCUT2D eigenvalue weighted by Crippen LogP contribution is -2.51. The van der Waals surface area contributed by atoms with E-state index in [0.29, 0.717) is 0 Å². The van der Waals surface area contributed by atoms with E-state index in [1.165, 1.54) is 7.11 Å². The van der Waals surface area contributed by atoms with Gasteiger partial charge in [-0.3, -0.25) is 0 Å². The molecule has 0 radical (unpaired) electrons. The van der Waals surface area contributed by atoms with E-state index in [4.69, 9.17) is 9.47 Å². The van der Waals surface area contributed by atoms with Crippen molar-refractivity contribution in [2.24, 2.45) is 0 Å². The van der Waals surface area contributed by atoms with Crippen LogP contribution in [-0.4, -0.2) is 36.7 Å². The topological polar surface area (TPSA) is 47.6 Å². The van der Waals surface area contributed by atoms with Crippen LogP contribution in [0.2, 0.25) is 0 Å². The van der Waals surface area contributed by atoms with Gasteiger partial charge in [-0.05, 0) is 24.3 Å². The van der Waals surface area contributed by atoms with Gasteiger partial charge in [0, 0.05) is 17.0 Å². The molecule has 0 aliphatic carbocycles. The smallest absolute Gasteiger partial charge is 0.332 e.